The molecule has 2 aliphatic rings. The van der Waals surface area contributed by atoms with Gasteiger partial charge in [0.15, 0.2) is 5.82 Å². The van der Waals surface area contributed by atoms with Gasteiger partial charge in [-0.3, -0.25) is 5.10 Å². The minimum absolute atomic E-state index is 0.556. The van der Waals surface area contributed by atoms with Gasteiger partial charge in [-0.05, 0) is 44.3 Å². The number of rotatable bonds is 2. The van der Waals surface area contributed by atoms with Crippen molar-refractivity contribution in [2.75, 3.05) is 18.4 Å². The van der Waals surface area contributed by atoms with Crippen LogP contribution in [0.25, 0.3) is 11.3 Å². The number of aromatic amines is 1. The molecule has 20 heavy (non-hydrogen) atoms. The molecular formula is C16H20N4. The Morgan fingerprint density at radius 3 is 2.85 bits per heavy atom. The summed E-state index contributed by atoms with van der Waals surface area (Å²) in [5.41, 5.74) is 5.32. The zero-order valence-corrected chi connectivity index (χ0v) is 11.6. The van der Waals surface area contributed by atoms with Crippen LogP contribution in [0.2, 0.25) is 0 Å². The van der Waals surface area contributed by atoms with Crippen molar-refractivity contribution in [1.82, 2.24) is 15.5 Å². The molecule has 1 aliphatic carbocycles. The minimum atomic E-state index is 0.556. The quantitative estimate of drug-likeness (QED) is 0.783. The van der Waals surface area contributed by atoms with Crippen molar-refractivity contribution in [3.05, 3.63) is 35.4 Å². The molecule has 4 rings (SSSR count). The molecule has 0 unspecified atom stereocenters. The van der Waals surface area contributed by atoms with Crippen molar-refractivity contribution in [3.8, 4) is 11.3 Å². The van der Waals surface area contributed by atoms with Gasteiger partial charge in [-0.15, -0.1) is 0 Å². The number of piperidine rings is 1. The zero-order chi connectivity index (χ0) is 13.4. The molecule has 0 bridgehead atoms. The summed E-state index contributed by atoms with van der Waals surface area (Å²) in [5, 5.41) is 14.8. The van der Waals surface area contributed by atoms with Gasteiger partial charge in [0.25, 0.3) is 0 Å². The first-order valence-corrected chi connectivity index (χ1v) is 7.54. The largest absolute Gasteiger partial charge is 0.366 e. The van der Waals surface area contributed by atoms with E-state index in [1.165, 1.54) is 35.2 Å². The summed E-state index contributed by atoms with van der Waals surface area (Å²) in [6, 6.07) is 9.20. The maximum atomic E-state index is 4.53. The van der Waals surface area contributed by atoms with Gasteiger partial charge in [-0.25, -0.2) is 0 Å². The standard InChI is InChI=1S/C16H20N4/c1-2-4-13-11(3-1)5-6-14-15(13)19-20-16(14)18-12-7-9-17-10-8-12/h1-4,12,17H,5-10H2,(H2,18,19,20). The number of anilines is 1. The van der Waals surface area contributed by atoms with Crippen LogP contribution in [0.1, 0.15) is 24.0 Å². The van der Waals surface area contributed by atoms with Crippen molar-refractivity contribution in [1.29, 1.82) is 0 Å². The molecule has 1 saturated heterocycles. The lowest BCUT2D eigenvalue weighted by Crippen LogP contribution is -2.35. The van der Waals surface area contributed by atoms with E-state index >= 15 is 0 Å². The van der Waals surface area contributed by atoms with Crippen molar-refractivity contribution < 1.29 is 0 Å². The summed E-state index contributed by atoms with van der Waals surface area (Å²) in [6.07, 6.45) is 4.55. The molecule has 0 saturated carbocycles. The second-order valence-electron chi connectivity index (χ2n) is 5.75. The first-order valence-electron chi connectivity index (χ1n) is 7.54. The molecule has 2 aromatic rings. The molecule has 1 aliphatic heterocycles. The topological polar surface area (TPSA) is 52.7 Å². The summed E-state index contributed by atoms with van der Waals surface area (Å²) in [4.78, 5) is 0. The fraction of sp³-hybridized carbons (Fsp3) is 0.438. The monoisotopic (exact) mass is 268 g/mol. The second kappa shape index (κ2) is 4.94. The Balaban J connectivity index is 1.63. The number of benzene rings is 1. The highest BCUT2D eigenvalue weighted by Gasteiger charge is 2.23. The maximum absolute atomic E-state index is 4.53. The molecule has 4 heteroatoms. The van der Waals surface area contributed by atoms with Gasteiger partial charge in [0, 0.05) is 17.2 Å². The molecule has 0 amide bonds. The Kier molecular flexibility index (Phi) is 2.96. The molecule has 1 aromatic carbocycles. The predicted octanol–water partition coefficient (Wildman–Crippen LogP) is 2.34. The number of hydrogen-bond donors (Lipinski definition) is 3. The Hall–Kier alpha value is -1.81. The average Bonchev–Trinajstić information content (AvgIpc) is 2.92. The summed E-state index contributed by atoms with van der Waals surface area (Å²) in [7, 11) is 0. The zero-order valence-electron chi connectivity index (χ0n) is 11.6. The molecule has 0 spiro atoms. The van der Waals surface area contributed by atoms with E-state index in [9.17, 15) is 0 Å². The first kappa shape index (κ1) is 12.0. The van der Waals surface area contributed by atoms with Crippen LogP contribution < -0.4 is 10.6 Å². The minimum Gasteiger partial charge on any atom is -0.366 e. The van der Waals surface area contributed by atoms with Crippen LogP contribution in [-0.2, 0) is 12.8 Å². The lowest BCUT2D eigenvalue weighted by molar-refractivity contribution is 0.478. The number of aryl methyl sites for hydroxylation is 1. The summed E-state index contributed by atoms with van der Waals surface area (Å²) in [6.45, 7) is 2.21. The number of aromatic nitrogens is 2. The maximum Gasteiger partial charge on any atom is 0.151 e. The van der Waals surface area contributed by atoms with Crippen LogP contribution in [-0.4, -0.2) is 29.3 Å². The van der Waals surface area contributed by atoms with Gasteiger partial charge in [-0.2, -0.15) is 5.10 Å². The fourth-order valence-electron chi connectivity index (χ4n) is 3.35. The fourth-order valence-corrected chi connectivity index (χ4v) is 3.35. The summed E-state index contributed by atoms with van der Waals surface area (Å²) >= 11 is 0. The third-order valence-corrected chi connectivity index (χ3v) is 4.48. The van der Waals surface area contributed by atoms with Crippen LogP contribution in [0.5, 0.6) is 0 Å². The molecule has 0 radical (unpaired) electrons. The lowest BCUT2D eigenvalue weighted by Gasteiger charge is -2.24. The van der Waals surface area contributed by atoms with E-state index in [0.29, 0.717) is 6.04 Å². The Morgan fingerprint density at radius 2 is 1.95 bits per heavy atom. The highest BCUT2D eigenvalue weighted by molar-refractivity contribution is 5.74. The second-order valence-corrected chi connectivity index (χ2v) is 5.75. The van der Waals surface area contributed by atoms with Crippen molar-refractivity contribution in [2.45, 2.75) is 31.7 Å². The number of H-pyrrole nitrogens is 1. The van der Waals surface area contributed by atoms with Gasteiger partial charge in [0.05, 0.1) is 5.69 Å². The Labute approximate surface area is 119 Å². The van der Waals surface area contributed by atoms with E-state index in [1.807, 2.05) is 0 Å². The normalized spacial score (nSPS) is 18.4. The molecule has 1 aromatic heterocycles. The van der Waals surface area contributed by atoms with Gasteiger partial charge in [-0.1, -0.05) is 24.3 Å². The molecule has 0 atom stereocenters. The highest BCUT2D eigenvalue weighted by Crippen LogP contribution is 2.35. The van der Waals surface area contributed by atoms with Gasteiger partial charge < -0.3 is 10.6 Å². The number of nitrogens with zero attached hydrogens (tertiary/aromatic N) is 1. The number of hydrogen-bond acceptors (Lipinski definition) is 3. The van der Waals surface area contributed by atoms with Gasteiger partial charge in [0.1, 0.15) is 0 Å². The smallest absolute Gasteiger partial charge is 0.151 e. The third kappa shape index (κ3) is 2.00. The molecular weight excluding hydrogens is 248 g/mol. The van der Waals surface area contributed by atoms with Crippen LogP contribution in [0.4, 0.5) is 5.82 Å². The van der Waals surface area contributed by atoms with Gasteiger partial charge in [0.2, 0.25) is 0 Å². The van der Waals surface area contributed by atoms with Crippen LogP contribution in [0, 0.1) is 0 Å². The highest BCUT2D eigenvalue weighted by atomic mass is 15.2. The van der Waals surface area contributed by atoms with E-state index < -0.39 is 0 Å². The van der Waals surface area contributed by atoms with Crippen LogP contribution in [0.15, 0.2) is 24.3 Å². The van der Waals surface area contributed by atoms with Crippen molar-refractivity contribution >= 4 is 5.82 Å². The lowest BCUT2D eigenvalue weighted by atomic mass is 9.90. The summed E-state index contributed by atoms with van der Waals surface area (Å²) in [5.74, 6) is 1.07. The van der Waals surface area contributed by atoms with E-state index in [4.69, 9.17) is 0 Å². The van der Waals surface area contributed by atoms with Crippen LogP contribution in [0.3, 0.4) is 0 Å². The van der Waals surface area contributed by atoms with E-state index in [0.717, 1.165) is 31.7 Å². The molecule has 3 N–H and O–H groups in total. The SMILES string of the molecule is c1ccc2c(c1)CCc1c(NC3CCNCC3)n[nH]c1-2. The van der Waals surface area contributed by atoms with E-state index in [1.54, 1.807) is 0 Å². The molecule has 4 nitrogen and oxygen atoms in total. The van der Waals surface area contributed by atoms with Crippen LogP contribution >= 0.6 is 0 Å². The number of nitrogens with one attached hydrogen (secondary N) is 3. The average molecular weight is 268 g/mol. The van der Waals surface area contributed by atoms with Crippen molar-refractivity contribution in [2.24, 2.45) is 0 Å². The Morgan fingerprint density at radius 1 is 1.10 bits per heavy atom. The molecule has 104 valence electrons. The third-order valence-electron chi connectivity index (χ3n) is 4.48. The predicted molar refractivity (Wildman–Crippen MR) is 80.9 cm³/mol. The first-order chi connectivity index (χ1) is 9.92. The summed E-state index contributed by atoms with van der Waals surface area (Å²) < 4.78 is 0. The number of fused-ring (bicyclic) bond motifs is 3. The molecule has 1 fully saturated rings. The Bertz CT molecular complexity index is 611. The molecule has 2 heterocycles. The van der Waals surface area contributed by atoms with E-state index in [2.05, 4.69) is 45.1 Å². The van der Waals surface area contributed by atoms with Crippen molar-refractivity contribution in [3.63, 3.8) is 0 Å². The van der Waals surface area contributed by atoms with Gasteiger partial charge >= 0.3 is 0 Å². The van der Waals surface area contributed by atoms with E-state index in [-0.39, 0.29) is 0 Å².